The zero-order valence-electron chi connectivity index (χ0n) is 15.5. The zero-order valence-corrected chi connectivity index (χ0v) is 16.3. The van der Waals surface area contributed by atoms with E-state index < -0.39 is 33.6 Å². The van der Waals surface area contributed by atoms with Crippen molar-refractivity contribution in [2.75, 3.05) is 6.61 Å². The molecule has 1 aliphatic rings. The third-order valence-corrected chi connectivity index (χ3v) is 6.36. The molecular weight excluding hydrogens is 380 g/mol. The van der Waals surface area contributed by atoms with Crippen LogP contribution in [0.2, 0.25) is 0 Å². The van der Waals surface area contributed by atoms with Gasteiger partial charge >= 0.3 is 6.16 Å². The van der Waals surface area contributed by atoms with Crippen LogP contribution in [0.25, 0.3) is 11.1 Å². The van der Waals surface area contributed by atoms with Gasteiger partial charge in [0.15, 0.2) is 6.10 Å². The molecule has 2 aromatic rings. The summed E-state index contributed by atoms with van der Waals surface area (Å²) < 4.78 is 37.1. The zero-order chi connectivity index (χ0) is 20.3. The lowest BCUT2D eigenvalue weighted by atomic mass is 9.98. The summed E-state index contributed by atoms with van der Waals surface area (Å²) in [5.41, 5.74) is 3.10. The van der Waals surface area contributed by atoms with Crippen molar-refractivity contribution in [2.45, 2.75) is 31.2 Å². The summed E-state index contributed by atoms with van der Waals surface area (Å²) in [7, 11) is -3.56. The van der Waals surface area contributed by atoms with Crippen molar-refractivity contribution in [1.82, 2.24) is 4.72 Å². The Morgan fingerprint density at radius 2 is 1.64 bits per heavy atom. The summed E-state index contributed by atoms with van der Waals surface area (Å²) >= 11 is 0. The van der Waals surface area contributed by atoms with E-state index in [2.05, 4.69) is 10.8 Å². The summed E-state index contributed by atoms with van der Waals surface area (Å²) in [6.45, 7) is 3.03. The standard InChI is InChI=1S/C20H20N2O5S/c1-13(2)28(24,25)22-18-12-26-20(23)27-19(18)17-9-7-16(8-10-17)15-5-3-14(11-21)4-6-15/h3-10,13,18-19,22H,12H2,1-2H3. The third-order valence-electron chi connectivity index (χ3n) is 4.49. The second-order valence-electron chi connectivity index (χ2n) is 6.73. The van der Waals surface area contributed by atoms with Crippen molar-refractivity contribution in [3.63, 3.8) is 0 Å². The molecule has 2 atom stereocenters. The second-order valence-corrected chi connectivity index (χ2v) is 9.00. The third kappa shape index (κ3) is 4.32. The van der Waals surface area contributed by atoms with E-state index in [0.717, 1.165) is 11.1 Å². The van der Waals surface area contributed by atoms with Crippen LogP contribution < -0.4 is 4.72 Å². The fourth-order valence-corrected chi connectivity index (χ4v) is 3.70. The van der Waals surface area contributed by atoms with Gasteiger partial charge in [0.05, 0.1) is 22.9 Å². The molecule has 3 rings (SSSR count). The molecule has 8 heteroatoms. The van der Waals surface area contributed by atoms with Crippen molar-refractivity contribution in [3.05, 3.63) is 59.7 Å². The molecule has 0 radical (unpaired) electrons. The summed E-state index contributed by atoms with van der Waals surface area (Å²) in [4.78, 5) is 11.6. The topological polar surface area (TPSA) is 105 Å². The highest BCUT2D eigenvalue weighted by Crippen LogP contribution is 2.29. The Kier molecular flexibility index (Phi) is 5.68. The number of cyclic esters (lactones) is 2. The fourth-order valence-electron chi connectivity index (χ4n) is 2.81. The number of carbonyl (C=O) groups excluding carboxylic acids is 1. The van der Waals surface area contributed by atoms with Crippen molar-refractivity contribution < 1.29 is 22.7 Å². The molecule has 0 bridgehead atoms. The molecule has 1 fully saturated rings. The van der Waals surface area contributed by atoms with Crippen LogP contribution in [-0.4, -0.2) is 32.5 Å². The Hall–Kier alpha value is -2.89. The lowest BCUT2D eigenvalue weighted by molar-refractivity contribution is -0.0398. The first-order valence-corrected chi connectivity index (χ1v) is 10.3. The summed E-state index contributed by atoms with van der Waals surface area (Å²) in [6, 6.07) is 15.8. The maximum absolute atomic E-state index is 12.2. The van der Waals surface area contributed by atoms with Crippen LogP contribution >= 0.6 is 0 Å². The Morgan fingerprint density at radius 1 is 1.07 bits per heavy atom. The van der Waals surface area contributed by atoms with Crippen LogP contribution in [0.1, 0.15) is 31.1 Å². The smallest absolute Gasteiger partial charge is 0.432 e. The van der Waals surface area contributed by atoms with Crippen molar-refractivity contribution in [3.8, 4) is 17.2 Å². The minimum absolute atomic E-state index is 0.104. The van der Waals surface area contributed by atoms with E-state index >= 15 is 0 Å². The first-order valence-electron chi connectivity index (χ1n) is 8.75. The van der Waals surface area contributed by atoms with Gasteiger partial charge in [-0.3, -0.25) is 0 Å². The molecule has 0 aromatic heterocycles. The van der Waals surface area contributed by atoms with Gasteiger partial charge in [-0.25, -0.2) is 17.9 Å². The van der Waals surface area contributed by atoms with Gasteiger partial charge in [0.1, 0.15) is 6.61 Å². The highest BCUT2D eigenvalue weighted by atomic mass is 32.2. The predicted molar refractivity (Wildman–Crippen MR) is 103 cm³/mol. The lowest BCUT2D eigenvalue weighted by Crippen LogP contribution is -2.49. The molecule has 0 aliphatic carbocycles. The molecule has 28 heavy (non-hydrogen) atoms. The lowest BCUT2D eigenvalue weighted by Gasteiger charge is -2.32. The van der Waals surface area contributed by atoms with Gasteiger partial charge in [-0.2, -0.15) is 5.26 Å². The molecule has 0 saturated carbocycles. The number of nitrogens with one attached hydrogen (secondary N) is 1. The van der Waals surface area contributed by atoms with Gasteiger partial charge < -0.3 is 9.47 Å². The van der Waals surface area contributed by atoms with Crippen molar-refractivity contribution in [1.29, 1.82) is 5.26 Å². The van der Waals surface area contributed by atoms with Gasteiger partial charge in [0.2, 0.25) is 10.0 Å². The molecule has 2 aromatic carbocycles. The largest absolute Gasteiger partial charge is 0.509 e. The average molecular weight is 400 g/mol. The number of sulfonamides is 1. The molecule has 0 spiro atoms. The predicted octanol–water partition coefficient (Wildman–Crippen LogP) is 3.13. The number of ether oxygens (including phenoxy) is 2. The van der Waals surface area contributed by atoms with Crippen molar-refractivity contribution >= 4 is 16.2 Å². The molecular formula is C20H20N2O5S. The van der Waals surface area contributed by atoms with Crippen LogP contribution in [0.3, 0.4) is 0 Å². The minimum atomic E-state index is -3.56. The Morgan fingerprint density at radius 3 is 2.18 bits per heavy atom. The Labute approximate surface area is 163 Å². The van der Waals surface area contributed by atoms with E-state index in [-0.39, 0.29) is 6.61 Å². The molecule has 1 N–H and O–H groups in total. The molecule has 1 heterocycles. The highest BCUT2D eigenvalue weighted by molar-refractivity contribution is 7.90. The van der Waals surface area contributed by atoms with E-state index in [1.807, 2.05) is 24.3 Å². The Bertz CT molecular complexity index is 992. The SMILES string of the molecule is CC(C)S(=O)(=O)NC1COC(=O)OC1c1ccc(-c2ccc(C#N)cc2)cc1. The normalized spacial score (nSPS) is 19.6. The van der Waals surface area contributed by atoms with Crippen molar-refractivity contribution in [2.24, 2.45) is 0 Å². The number of nitrogens with zero attached hydrogens (tertiary/aromatic N) is 1. The number of benzene rings is 2. The van der Waals surface area contributed by atoms with Gasteiger partial charge in [0, 0.05) is 0 Å². The van der Waals surface area contributed by atoms with Crippen LogP contribution in [0.5, 0.6) is 0 Å². The highest BCUT2D eigenvalue weighted by Gasteiger charge is 2.36. The number of carbonyl (C=O) groups is 1. The summed E-state index contributed by atoms with van der Waals surface area (Å²) in [5, 5.41) is 8.27. The monoisotopic (exact) mass is 400 g/mol. The first-order chi connectivity index (χ1) is 13.3. The maximum Gasteiger partial charge on any atom is 0.509 e. The summed E-state index contributed by atoms with van der Waals surface area (Å²) in [5.74, 6) is 0. The van der Waals surface area contributed by atoms with Crippen LogP contribution in [0, 0.1) is 11.3 Å². The van der Waals surface area contributed by atoms with E-state index in [1.165, 1.54) is 0 Å². The quantitative estimate of drug-likeness (QED) is 0.773. The summed E-state index contributed by atoms with van der Waals surface area (Å²) in [6.07, 6.45) is -1.62. The molecule has 2 unspecified atom stereocenters. The Balaban J connectivity index is 1.84. The number of hydrogen-bond acceptors (Lipinski definition) is 6. The minimum Gasteiger partial charge on any atom is -0.432 e. The second kappa shape index (κ2) is 8.00. The molecule has 7 nitrogen and oxygen atoms in total. The van der Waals surface area contributed by atoms with E-state index in [0.29, 0.717) is 11.1 Å². The first kappa shape index (κ1) is 19.9. The van der Waals surface area contributed by atoms with E-state index in [4.69, 9.17) is 14.7 Å². The average Bonchev–Trinajstić information content (AvgIpc) is 2.69. The molecule has 1 aliphatic heterocycles. The molecule has 0 amide bonds. The number of nitriles is 1. The van der Waals surface area contributed by atoms with Gasteiger partial charge in [-0.1, -0.05) is 36.4 Å². The van der Waals surface area contributed by atoms with Crippen LogP contribution in [0.15, 0.2) is 48.5 Å². The van der Waals surface area contributed by atoms with Gasteiger partial charge in [0.25, 0.3) is 0 Å². The van der Waals surface area contributed by atoms with E-state index in [1.54, 1.807) is 38.1 Å². The number of rotatable bonds is 5. The van der Waals surface area contributed by atoms with Gasteiger partial charge in [-0.15, -0.1) is 0 Å². The molecule has 146 valence electrons. The number of hydrogen-bond donors (Lipinski definition) is 1. The van der Waals surface area contributed by atoms with Crippen LogP contribution in [-0.2, 0) is 19.5 Å². The van der Waals surface area contributed by atoms with Crippen LogP contribution in [0.4, 0.5) is 4.79 Å². The maximum atomic E-state index is 12.2. The molecule has 1 saturated heterocycles. The fraction of sp³-hybridized carbons (Fsp3) is 0.300. The van der Waals surface area contributed by atoms with Gasteiger partial charge in [-0.05, 0) is 42.7 Å². The van der Waals surface area contributed by atoms with E-state index in [9.17, 15) is 13.2 Å².